The number of phenols is 1. The highest BCUT2D eigenvalue weighted by atomic mass is 19.1. The number of aliphatic hydroxyl groups is 3. The Bertz CT molecular complexity index is 784. The Morgan fingerprint density at radius 2 is 1.89 bits per heavy atom. The van der Waals surface area contributed by atoms with Gasteiger partial charge >= 0.3 is 0 Å². The van der Waals surface area contributed by atoms with Crippen LogP contribution in [-0.2, 0) is 0 Å². The van der Waals surface area contributed by atoms with Gasteiger partial charge in [0.1, 0.15) is 12.4 Å². The third-order valence-corrected chi connectivity index (χ3v) is 3.85. The first-order valence-corrected chi connectivity index (χ1v) is 8.55. The van der Waals surface area contributed by atoms with E-state index in [2.05, 4.69) is 5.73 Å². The van der Waals surface area contributed by atoms with E-state index in [9.17, 15) is 19.7 Å². The summed E-state index contributed by atoms with van der Waals surface area (Å²) in [5, 5.41) is 38.0. The minimum absolute atomic E-state index is 0.161. The molecule has 2 atom stereocenters. The summed E-state index contributed by atoms with van der Waals surface area (Å²) < 4.78 is 19.0. The molecule has 144 valence electrons. The van der Waals surface area contributed by atoms with Gasteiger partial charge in [-0.3, -0.25) is 0 Å². The molecule has 0 saturated heterocycles. The molecule has 0 fully saturated rings. The zero-order valence-corrected chi connectivity index (χ0v) is 14.8. The van der Waals surface area contributed by atoms with Gasteiger partial charge in [0.15, 0.2) is 11.6 Å². The fourth-order valence-corrected chi connectivity index (χ4v) is 2.38. The summed E-state index contributed by atoms with van der Waals surface area (Å²) in [6, 6.07) is 12.8. The molecule has 0 unspecified atom stereocenters. The summed E-state index contributed by atoms with van der Waals surface area (Å²) in [7, 11) is 0. The lowest BCUT2D eigenvalue weighted by atomic mass is 10.1. The van der Waals surface area contributed by atoms with Crippen molar-refractivity contribution < 1.29 is 29.6 Å². The fraction of sp³-hybridized carbons (Fsp3) is 0.286. The SMILES string of the molecule is OC[C@H](O)CC(=C=CC[C@@H](O)c1ccc(O)c(F)c1)COc1ccccc1. The van der Waals surface area contributed by atoms with E-state index in [4.69, 9.17) is 9.84 Å². The van der Waals surface area contributed by atoms with Crippen LogP contribution < -0.4 is 4.74 Å². The van der Waals surface area contributed by atoms with Crippen LogP contribution in [0.15, 0.2) is 65.9 Å². The van der Waals surface area contributed by atoms with E-state index in [1.54, 1.807) is 18.2 Å². The van der Waals surface area contributed by atoms with Gasteiger partial charge in [0.2, 0.25) is 0 Å². The Morgan fingerprint density at radius 3 is 2.56 bits per heavy atom. The van der Waals surface area contributed by atoms with Gasteiger partial charge in [-0.05, 0) is 35.9 Å². The van der Waals surface area contributed by atoms with E-state index in [-0.39, 0.29) is 26.1 Å². The zero-order valence-electron chi connectivity index (χ0n) is 14.8. The highest BCUT2D eigenvalue weighted by Crippen LogP contribution is 2.23. The van der Waals surface area contributed by atoms with Gasteiger partial charge in [0, 0.05) is 18.4 Å². The number of halogens is 1. The van der Waals surface area contributed by atoms with E-state index in [0.29, 0.717) is 16.9 Å². The van der Waals surface area contributed by atoms with Crippen LogP contribution in [0.3, 0.4) is 0 Å². The van der Waals surface area contributed by atoms with Crippen LogP contribution in [0.4, 0.5) is 4.39 Å². The first-order chi connectivity index (χ1) is 13.0. The minimum atomic E-state index is -0.966. The molecule has 0 aliphatic heterocycles. The Morgan fingerprint density at radius 1 is 1.15 bits per heavy atom. The van der Waals surface area contributed by atoms with Crippen LogP contribution in [0.5, 0.6) is 11.5 Å². The van der Waals surface area contributed by atoms with E-state index >= 15 is 0 Å². The maximum atomic E-state index is 13.4. The van der Waals surface area contributed by atoms with Crippen molar-refractivity contribution in [3.05, 3.63) is 77.3 Å². The molecule has 2 aromatic rings. The first-order valence-electron chi connectivity index (χ1n) is 8.55. The largest absolute Gasteiger partial charge is 0.505 e. The number of benzene rings is 2. The predicted molar refractivity (Wildman–Crippen MR) is 98.9 cm³/mol. The number of ether oxygens (including phenoxy) is 1. The quantitative estimate of drug-likeness (QED) is 0.507. The van der Waals surface area contributed by atoms with Gasteiger partial charge in [-0.25, -0.2) is 4.39 Å². The van der Waals surface area contributed by atoms with Crippen molar-refractivity contribution in [2.24, 2.45) is 0 Å². The first kappa shape index (κ1) is 20.7. The van der Waals surface area contributed by atoms with Gasteiger partial charge in [-0.15, -0.1) is 5.73 Å². The van der Waals surface area contributed by atoms with Gasteiger partial charge in [-0.2, -0.15) is 0 Å². The highest BCUT2D eigenvalue weighted by molar-refractivity contribution is 5.29. The Labute approximate surface area is 157 Å². The molecule has 0 radical (unpaired) electrons. The molecule has 0 saturated carbocycles. The monoisotopic (exact) mass is 374 g/mol. The molecule has 2 aromatic carbocycles. The second-order valence-corrected chi connectivity index (χ2v) is 6.06. The predicted octanol–water partition coefficient (Wildman–Crippen LogP) is 2.86. The normalized spacial score (nSPS) is 12.7. The molecule has 0 bridgehead atoms. The second kappa shape index (κ2) is 10.5. The van der Waals surface area contributed by atoms with E-state index in [1.807, 2.05) is 18.2 Å². The number of aliphatic hydroxyl groups excluding tert-OH is 3. The summed E-state index contributed by atoms with van der Waals surface area (Å²) in [6.07, 6.45) is 0.00406. The minimum Gasteiger partial charge on any atom is -0.505 e. The van der Waals surface area contributed by atoms with Gasteiger partial charge < -0.3 is 25.2 Å². The lowest BCUT2D eigenvalue weighted by molar-refractivity contribution is 0.0934. The Balaban J connectivity index is 2.05. The fourth-order valence-electron chi connectivity index (χ4n) is 2.38. The zero-order chi connectivity index (χ0) is 19.6. The molecule has 5 nitrogen and oxygen atoms in total. The van der Waals surface area contributed by atoms with Gasteiger partial charge in [0.05, 0.1) is 18.8 Å². The number of para-hydroxylation sites is 1. The number of aromatic hydroxyl groups is 1. The lowest BCUT2D eigenvalue weighted by Crippen LogP contribution is -2.15. The van der Waals surface area contributed by atoms with Crippen molar-refractivity contribution in [3.8, 4) is 11.5 Å². The second-order valence-electron chi connectivity index (χ2n) is 6.06. The molecule has 0 spiro atoms. The number of rotatable bonds is 9. The third kappa shape index (κ3) is 6.89. The molecule has 0 aliphatic rings. The molecule has 0 amide bonds. The molecule has 4 N–H and O–H groups in total. The summed E-state index contributed by atoms with van der Waals surface area (Å²) in [5.41, 5.74) is 3.92. The van der Waals surface area contributed by atoms with Crippen LogP contribution in [0, 0.1) is 5.82 Å². The van der Waals surface area contributed by atoms with Crippen LogP contribution >= 0.6 is 0 Å². The Hall–Kier alpha value is -2.63. The molecule has 0 heterocycles. The molecular formula is C21H23FO5. The molecule has 27 heavy (non-hydrogen) atoms. The maximum absolute atomic E-state index is 13.4. The van der Waals surface area contributed by atoms with Crippen molar-refractivity contribution >= 4 is 0 Å². The van der Waals surface area contributed by atoms with E-state index in [0.717, 1.165) is 6.07 Å². The summed E-state index contributed by atoms with van der Waals surface area (Å²) >= 11 is 0. The third-order valence-electron chi connectivity index (χ3n) is 3.85. The van der Waals surface area contributed by atoms with Crippen LogP contribution in [0.1, 0.15) is 24.5 Å². The lowest BCUT2D eigenvalue weighted by Gasteiger charge is -2.11. The molecular weight excluding hydrogens is 351 g/mol. The van der Waals surface area contributed by atoms with Crippen LogP contribution in [-0.4, -0.2) is 39.7 Å². The van der Waals surface area contributed by atoms with Crippen LogP contribution in [0.2, 0.25) is 0 Å². The Kier molecular flexibility index (Phi) is 8.04. The van der Waals surface area contributed by atoms with Crippen molar-refractivity contribution in [2.45, 2.75) is 25.0 Å². The van der Waals surface area contributed by atoms with Crippen LogP contribution in [0.25, 0.3) is 0 Å². The average Bonchev–Trinajstić information content (AvgIpc) is 2.68. The van der Waals surface area contributed by atoms with E-state index in [1.165, 1.54) is 12.1 Å². The van der Waals surface area contributed by atoms with Crippen molar-refractivity contribution in [2.75, 3.05) is 13.2 Å². The van der Waals surface area contributed by atoms with E-state index < -0.39 is 23.8 Å². The number of phenolic OH excluding ortho intramolecular Hbond substituents is 1. The smallest absolute Gasteiger partial charge is 0.165 e. The van der Waals surface area contributed by atoms with Gasteiger partial charge in [0.25, 0.3) is 0 Å². The van der Waals surface area contributed by atoms with Crippen molar-refractivity contribution in [1.29, 1.82) is 0 Å². The molecule has 0 aromatic heterocycles. The molecule has 2 rings (SSSR count). The summed E-state index contributed by atoms with van der Waals surface area (Å²) in [4.78, 5) is 0. The number of hydrogen-bond acceptors (Lipinski definition) is 5. The molecule has 0 aliphatic carbocycles. The topological polar surface area (TPSA) is 90.2 Å². The average molecular weight is 374 g/mol. The summed E-state index contributed by atoms with van der Waals surface area (Å²) in [6.45, 7) is -0.215. The number of hydrogen-bond donors (Lipinski definition) is 4. The van der Waals surface area contributed by atoms with Gasteiger partial charge in [-0.1, -0.05) is 24.3 Å². The van der Waals surface area contributed by atoms with Crippen molar-refractivity contribution in [3.63, 3.8) is 0 Å². The maximum Gasteiger partial charge on any atom is 0.165 e. The standard InChI is InChI=1S/C21H23FO5/c22-19-12-16(9-10-21(19)26)20(25)8-4-5-15(11-17(24)13-23)14-27-18-6-2-1-3-7-18/h1-4,6-7,9-10,12,17,20,23-26H,8,11,13-14H2/t5?,17-,20-/m1/s1. The van der Waals surface area contributed by atoms with Crippen molar-refractivity contribution in [1.82, 2.24) is 0 Å². The summed E-state index contributed by atoms with van der Waals surface area (Å²) in [5.74, 6) is -0.608. The molecule has 6 heteroatoms. The highest BCUT2D eigenvalue weighted by Gasteiger charge is 2.10.